The van der Waals surface area contributed by atoms with Crippen molar-refractivity contribution in [3.63, 3.8) is 0 Å². The molecule has 0 bridgehead atoms. The van der Waals surface area contributed by atoms with Gasteiger partial charge in [-0.1, -0.05) is 28.9 Å². The first-order valence-corrected chi connectivity index (χ1v) is 6.07. The molecule has 6 heteroatoms. The van der Waals surface area contributed by atoms with Gasteiger partial charge >= 0.3 is 5.76 Å². The molecular weight excluding hydrogens is 264 g/mol. The maximum Gasteiger partial charge on any atom is 0.446 e. The Labute approximate surface area is 114 Å². The van der Waals surface area contributed by atoms with Crippen molar-refractivity contribution in [1.82, 2.24) is 9.72 Å². The summed E-state index contributed by atoms with van der Waals surface area (Å²) < 4.78 is 5.65. The molecule has 0 N–H and O–H groups in total. The largest absolute Gasteiger partial charge is 0.446 e. The molecule has 0 saturated heterocycles. The van der Waals surface area contributed by atoms with Crippen molar-refractivity contribution in [3.05, 3.63) is 57.2 Å². The fraction of sp³-hybridized carbons (Fsp3) is 0.154. The summed E-state index contributed by atoms with van der Waals surface area (Å²) in [6.07, 6.45) is 0. The lowest BCUT2D eigenvalue weighted by Gasteiger charge is -2.03. The lowest BCUT2D eigenvalue weighted by molar-refractivity contribution is 0.102. The number of thiol groups is 1. The smallest absolute Gasteiger partial charge is 0.295 e. The molecular formula is C13H12N2O3S. The Bertz CT molecular complexity index is 713. The van der Waals surface area contributed by atoms with Crippen LogP contribution >= 0.6 is 12.6 Å². The fourth-order valence-corrected chi connectivity index (χ4v) is 1.79. The minimum atomic E-state index is -0.709. The van der Waals surface area contributed by atoms with Crippen molar-refractivity contribution in [2.75, 3.05) is 0 Å². The molecule has 0 unspecified atom stereocenters. The van der Waals surface area contributed by atoms with Gasteiger partial charge in [-0.05, 0) is 25.3 Å². The van der Waals surface area contributed by atoms with E-state index < -0.39 is 5.76 Å². The standard InChI is InChI=1S/C13H12N2O3S/c1-8-4-3-5-10(6-8)11(16)12-14-18-13(17)15(12)9(2)7-19/h3-7,19H,1-2H3/b9-7-. The number of hydrogen-bond donors (Lipinski definition) is 1. The molecule has 0 aliphatic heterocycles. The van der Waals surface area contributed by atoms with Gasteiger partial charge in [-0.2, -0.15) is 0 Å². The molecule has 0 aliphatic carbocycles. The molecule has 2 aromatic rings. The molecule has 0 atom stereocenters. The van der Waals surface area contributed by atoms with E-state index in [1.165, 1.54) is 5.41 Å². The lowest BCUT2D eigenvalue weighted by atomic mass is 10.1. The Balaban J connectivity index is 2.55. The molecule has 0 fully saturated rings. The van der Waals surface area contributed by atoms with Crippen LogP contribution in [0.4, 0.5) is 0 Å². The molecule has 1 aromatic heterocycles. The molecule has 0 radical (unpaired) electrons. The summed E-state index contributed by atoms with van der Waals surface area (Å²) in [6, 6.07) is 7.04. The number of hydrogen-bond acceptors (Lipinski definition) is 5. The topological polar surface area (TPSA) is 65.1 Å². The van der Waals surface area contributed by atoms with Crippen molar-refractivity contribution in [2.45, 2.75) is 13.8 Å². The molecule has 19 heavy (non-hydrogen) atoms. The predicted molar refractivity (Wildman–Crippen MR) is 74.3 cm³/mol. The highest BCUT2D eigenvalue weighted by molar-refractivity contribution is 7.83. The Hall–Kier alpha value is -2.08. The van der Waals surface area contributed by atoms with Crippen molar-refractivity contribution in [3.8, 4) is 0 Å². The number of aryl methyl sites for hydroxylation is 1. The van der Waals surface area contributed by atoms with Crippen LogP contribution in [0.15, 0.2) is 39.0 Å². The van der Waals surface area contributed by atoms with Gasteiger partial charge in [0, 0.05) is 11.3 Å². The van der Waals surface area contributed by atoms with E-state index in [9.17, 15) is 9.59 Å². The minimum absolute atomic E-state index is 0.0570. The third-order valence-corrected chi connectivity index (χ3v) is 3.00. The van der Waals surface area contributed by atoms with Crippen LogP contribution in [0.3, 0.4) is 0 Å². The quantitative estimate of drug-likeness (QED) is 0.689. The second kappa shape index (κ2) is 5.27. The summed E-state index contributed by atoms with van der Waals surface area (Å²) in [6.45, 7) is 3.52. The Morgan fingerprint density at radius 3 is 2.84 bits per heavy atom. The van der Waals surface area contributed by atoms with Gasteiger partial charge in [0.25, 0.3) is 0 Å². The monoisotopic (exact) mass is 276 g/mol. The molecule has 0 spiro atoms. The van der Waals surface area contributed by atoms with Crippen LogP contribution < -0.4 is 5.76 Å². The molecule has 0 aliphatic rings. The fourth-order valence-electron chi connectivity index (χ4n) is 1.68. The minimum Gasteiger partial charge on any atom is -0.295 e. The molecule has 0 amide bonds. The SMILES string of the molecule is C/C(=C/S)n1c(C(=O)c2cccc(C)c2)noc1=O. The predicted octanol–water partition coefficient (Wildman–Crippen LogP) is 2.12. The molecule has 5 nitrogen and oxygen atoms in total. The average molecular weight is 276 g/mol. The zero-order valence-corrected chi connectivity index (χ0v) is 11.3. The Morgan fingerprint density at radius 2 is 2.21 bits per heavy atom. The third kappa shape index (κ3) is 2.53. The Kier molecular flexibility index (Phi) is 3.71. The first kappa shape index (κ1) is 13.4. The van der Waals surface area contributed by atoms with E-state index in [1.807, 2.05) is 13.0 Å². The van der Waals surface area contributed by atoms with Crippen LogP contribution in [0.2, 0.25) is 0 Å². The molecule has 1 aromatic carbocycles. The number of carbonyl (C=O) groups excluding carboxylic acids is 1. The molecule has 98 valence electrons. The van der Waals surface area contributed by atoms with Gasteiger partial charge in [0.1, 0.15) is 0 Å². The first-order valence-electron chi connectivity index (χ1n) is 5.56. The lowest BCUT2D eigenvalue weighted by Crippen LogP contribution is -2.18. The van der Waals surface area contributed by atoms with E-state index in [0.29, 0.717) is 11.3 Å². The second-order valence-electron chi connectivity index (χ2n) is 4.08. The number of ketones is 1. The number of rotatable bonds is 3. The van der Waals surface area contributed by atoms with Crippen molar-refractivity contribution in [2.24, 2.45) is 0 Å². The number of aromatic nitrogens is 2. The van der Waals surface area contributed by atoms with Gasteiger partial charge in [0.15, 0.2) is 0 Å². The zero-order valence-electron chi connectivity index (χ0n) is 10.5. The molecule has 2 rings (SSSR count). The summed E-state index contributed by atoms with van der Waals surface area (Å²) >= 11 is 3.97. The van der Waals surface area contributed by atoms with Crippen LogP contribution in [0.25, 0.3) is 5.70 Å². The van der Waals surface area contributed by atoms with Crippen molar-refractivity contribution >= 4 is 24.1 Å². The maximum atomic E-state index is 12.3. The van der Waals surface area contributed by atoms with Crippen LogP contribution in [0.1, 0.15) is 28.7 Å². The highest BCUT2D eigenvalue weighted by Crippen LogP contribution is 2.12. The van der Waals surface area contributed by atoms with Gasteiger partial charge < -0.3 is 0 Å². The molecule has 0 saturated carbocycles. The van der Waals surface area contributed by atoms with E-state index in [0.717, 1.165) is 10.1 Å². The van der Waals surface area contributed by atoms with Gasteiger partial charge in [-0.25, -0.2) is 9.36 Å². The molecule has 1 heterocycles. The summed E-state index contributed by atoms with van der Waals surface area (Å²) in [4.78, 5) is 23.9. The van der Waals surface area contributed by atoms with Crippen LogP contribution in [-0.2, 0) is 0 Å². The number of allylic oxidation sites excluding steroid dienone is 1. The summed E-state index contributed by atoms with van der Waals surface area (Å²) in [5.74, 6) is -1.14. The summed E-state index contributed by atoms with van der Waals surface area (Å²) in [5, 5.41) is 4.95. The third-order valence-electron chi connectivity index (χ3n) is 2.63. The highest BCUT2D eigenvalue weighted by atomic mass is 32.1. The Morgan fingerprint density at radius 1 is 1.47 bits per heavy atom. The van der Waals surface area contributed by atoms with Crippen LogP contribution in [-0.4, -0.2) is 15.5 Å². The average Bonchev–Trinajstić information content (AvgIpc) is 2.79. The summed E-state index contributed by atoms with van der Waals surface area (Å²) in [5.41, 5.74) is 1.87. The van der Waals surface area contributed by atoms with Crippen molar-refractivity contribution < 1.29 is 9.32 Å². The van der Waals surface area contributed by atoms with E-state index >= 15 is 0 Å². The van der Waals surface area contributed by atoms with Gasteiger partial charge in [-0.3, -0.25) is 9.32 Å². The summed E-state index contributed by atoms with van der Waals surface area (Å²) in [7, 11) is 0. The van der Waals surface area contributed by atoms with E-state index in [1.54, 1.807) is 25.1 Å². The van der Waals surface area contributed by atoms with Crippen LogP contribution in [0, 0.1) is 6.92 Å². The van der Waals surface area contributed by atoms with Gasteiger partial charge in [0.2, 0.25) is 11.6 Å². The number of benzene rings is 1. The zero-order chi connectivity index (χ0) is 14.0. The van der Waals surface area contributed by atoms with E-state index in [4.69, 9.17) is 0 Å². The number of nitrogens with zero attached hydrogens (tertiary/aromatic N) is 2. The normalized spacial score (nSPS) is 11.6. The van der Waals surface area contributed by atoms with E-state index in [-0.39, 0.29) is 11.6 Å². The second-order valence-corrected chi connectivity index (χ2v) is 4.33. The van der Waals surface area contributed by atoms with Crippen LogP contribution in [0.5, 0.6) is 0 Å². The van der Waals surface area contributed by atoms with E-state index in [2.05, 4.69) is 22.3 Å². The first-order chi connectivity index (χ1) is 9.04. The highest BCUT2D eigenvalue weighted by Gasteiger charge is 2.20. The van der Waals surface area contributed by atoms with Gasteiger partial charge in [0.05, 0.1) is 0 Å². The number of carbonyl (C=O) groups is 1. The van der Waals surface area contributed by atoms with Gasteiger partial charge in [-0.15, -0.1) is 12.6 Å². The van der Waals surface area contributed by atoms with Crippen molar-refractivity contribution in [1.29, 1.82) is 0 Å². The maximum absolute atomic E-state index is 12.3.